The van der Waals surface area contributed by atoms with Crippen LogP contribution in [-0.4, -0.2) is 90.8 Å². The quantitative estimate of drug-likeness (QED) is 0.346. The van der Waals surface area contributed by atoms with Crippen LogP contribution in [0.25, 0.3) is 0 Å². The van der Waals surface area contributed by atoms with E-state index in [4.69, 9.17) is 18.2 Å². The number of nitrogens with zero attached hydrogens (tertiary/aromatic N) is 4. The van der Waals surface area contributed by atoms with Crippen LogP contribution in [0.2, 0.25) is 0 Å². The summed E-state index contributed by atoms with van der Waals surface area (Å²) in [4.78, 5) is 18.0. The summed E-state index contributed by atoms with van der Waals surface area (Å²) in [5, 5.41) is 3.94. The molecule has 1 aliphatic rings. The Balaban J connectivity index is 0.000000540. The summed E-state index contributed by atoms with van der Waals surface area (Å²) < 4.78 is 53.6. The van der Waals surface area contributed by atoms with E-state index in [1.807, 2.05) is 30.3 Å². The van der Waals surface area contributed by atoms with Crippen molar-refractivity contribution < 1.29 is 36.2 Å². The van der Waals surface area contributed by atoms with E-state index in [9.17, 15) is 13.2 Å². The lowest BCUT2D eigenvalue weighted by Gasteiger charge is -2.22. The van der Waals surface area contributed by atoms with Gasteiger partial charge in [-0.25, -0.2) is 18.6 Å². The van der Waals surface area contributed by atoms with Crippen molar-refractivity contribution in [2.45, 2.75) is 45.6 Å². The third-order valence-corrected chi connectivity index (χ3v) is 5.92. The van der Waals surface area contributed by atoms with Crippen LogP contribution < -0.4 is 0 Å². The predicted molar refractivity (Wildman–Crippen MR) is 126 cm³/mol. The predicted octanol–water partition coefficient (Wildman–Crippen LogP) is 1.76. The van der Waals surface area contributed by atoms with Gasteiger partial charge in [0.05, 0.1) is 26.9 Å². The van der Waals surface area contributed by atoms with Gasteiger partial charge >= 0.3 is 16.4 Å². The molecule has 0 bridgehead atoms. The normalized spacial score (nSPS) is 19.9. The highest BCUT2D eigenvalue weighted by molar-refractivity contribution is 7.80. The van der Waals surface area contributed by atoms with Crippen molar-refractivity contribution >= 4 is 16.4 Å². The molecule has 1 fully saturated rings. The fraction of sp³-hybridized carbons (Fsp3) is 0.591. The molecule has 13 heteroatoms. The molecule has 0 radical (unpaired) electrons. The van der Waals surface area contributed by atoms with Crippen molar-refractivity contribution in [3.05, 3.63) is 48.0 Å². The van der Waals surface area contributed by atoms with Crippen LogP contribution >= 0.6 is 0 Å². The SMILES string of the molecule is CCN(CC)CC.COC(=O)c1ncnn1[C@@H]1CO[C@H](COCc2ccccc2)[C@H]1OS(=O)(=O)O. The van der Waals surface area contributed by atoms with E-state index in [1.165, 1.54) is 26.7 Å². The monoisotopic (exact) mass is 514 g/mol. The maximum atomic E-state index is 11.8. The minimum atomic E-state index is -4.79. The second kappa shape index (κ2) is 14.2. The minimum absolute atomic E-state index is 0.00612. The Labute approximate surface area is 206 Å². The smallest absolute Gasteiger partial charge is 0.397 e. The maximum absolute atomic E-state index is 11.8. The molecule has 1 saturated heterocycles. The highest BCUT2D eigenvalue weighted by Gasteiger charge is 2.44. The van der Waals surface area contributed by atoms with E-state index in [0.717, 1.165) is 16.6 Å². The molecule has 0 amide bonds. The van der Waals surface area contributed by atoms with Gasteiger partial charge < -0.3 is 19.1 Å². The van der Waals surface area contributed by atoms with E-state index in [2.05, 4.69) is 40.5 Å². The van der Waals surface area contributed by atoms with Crippen LogP contribution in [0.1, 0.15) is 43.0 Å². The van der Waals surface area contributed by atoms with Crippen molar-refractivity contribution in [1.82, 2.24) is 19.7 Å². The number of ether oxygens (including phenoxy) is 3. The molecule has 2 aromatic rings. The highest BCUT2D eigenvalue weighted by Crippen LogP contribution is 2.30. The number of hydrogen-bond donors (Lipinski definition) is 1. The molecule has 0 aliphatic carbocycles. The van der Waals surface area contributed by atoms with Crippen LogP contribution in [0, 0.1) is 0 Å². The average molecular weight is 515 g/mol. The van der Waals surface area contributed by atoms with Crippen molar-refractivity contribution in [3.63, 3.8) is 0 Å². The fourth-order valence-corrected chi connectivity index (χ4v) is 4.08. The topological polar surface area (TPSA) is 142 Å². The van der Waals surface area contributed by atoms with Gasteiger partial charge in [-0.05, 0) is 25.2 Å². The third-order valence-electron chi connectivity index (χ3n) is 5.45. The van der Waals surface area contributed by atoms with Gasteiger partial charge in [-0.15, -0.1) is 0 Å². The molecule has 3 rings (SSSR count). The second-order valence-corrected chi connectivity index (χ2v) is 8.62. The van der Waals surface area contributed by atoms with Crippen molar-refractivity contribution in [1.29, 1.82) is 0 Å². The Morgan fingerprint density at radius 1 is 1.20 bits per heavy atom. The van der Waals surface area contributed by atoms with E-state index >= 15 is 0 Å². The molecule has 35 heavy (non-hydrogen) atoms. The molecule has 196 valence electrons. The Morgan fingerprint density at radius 3 is 2.40 bits per heavy atom. The Morgan fingerprint density at radius 2 is 1.86 bits per heavy atom. The molecule has 0 unspecified atom stereocenters. The van der Waals surface area contributed by atoms with Gasteiger partial charge in [0, 0.05) is 0 Å². The number of hydrogen-bond acceptors (Lipinski definition) is 10. The number of methoxy groups -OCH3 is 1. The van der Waals surface area contributed by atoms with Gasteiger partial charge in [-0.3, -0.25) is 4.55 Å². The molecule has 12 nitrogen and oxygen atoms in total. The number of rotatable bonds is 11. The van der Waals surface area contributed by atoms with Crippen molar-refractivity contribution in [3.8, 4) is 0 Å². The molecule has 0 saturated carbocycles. The standard InChI is InChI=1S/C16H19N3O8S.C6H15N/c1-24-16(20)15-17-10-18-19(15)12-8-26-13(14(12)27-28(21,22)23)9-25-7-11-5-3-2-4-6-11;1-4-7(5-2)6-3/h2-6,10,12-14H,7-9H2,1H3,(H,21,22,23);4-6H2,1-3H3/t12-,13-,14+;/m1./s1. The number of carbonyl (C=O) groups excluding carboxylic acids is 1. The van der Waals surface area contributed by atoms with Crippen molar-refractivity contribution in [2.24, 2.45) is 0 Å². The molecule has 1 aliphatic heterocycles. The van der Waals surface area contributed by atoms with Gasteiger partial charge in [0.25, 0.3) is 0 Å². The third kappa shape index (κ3) is 8.94. The molecule has 1 N–H and O–H groups in total. The molecule has 3 atom stereocenters. The maximum Gasteiger partial charge on any atom is 0.397 e. The summed E-state index contributed by atoms with van der Waals surface area (Å²) >= 11 is 0. The van der Waals surface area contributed by atoms with Crippen LogP contribution in [0.3, 0.4) is 0 Å². The number of benzene rings is 1. The zero-order valence-electron chi connectivity index (χ0n) is 20.4. The fourth-order valence-electron chi connectivity index (χ4n) is 3.55. The molecule has 1 aromatic carbocycles. The van der Waals surface area contributed by atoms with E-state index in [0.29, 0.717) is 0 Å². The first-order valence-electron chi connectivity index (χ1n) is 11.3. The van der Waals surface area contributed by atoms with Gasteiger partial charge in [0.15, 0.2) is 0 Å². The minimum Gasteiger partial charge on any atom is -0.463 e. The Kier molecular flexibility index (Phi) is 11.7. The first kappa shape index (κ1) is 28.8. The van der Waals surface area contributed by atoms with Crippen LogP contribution in [0.15, 0.2) is 36.7 Å². The van der Waals surface area contributed by atoms with Crippen molar-refractivity contribution in [2.75, 3.05) is 40.0 Å². The van der Waals surface area contributed by atoms with E-state index in [1.54, 1.807) is 0 Å². The molecule has 1 aromatic heterocycles. The van der Waals surface area contributed by atoms with E-state index in [-0.39, 0.29) is 25.6 Å². The lowest BCUT2D eigenvalue weighted by Crippen LogP contribution is -2.37. The summed E-state index contributed by atoms with van der Waals surface area (Å²) in [6, 6.07) is 8.52. The van der Waals surface area contributed by atoms with Gasteiger partial charge in [0.1, 0.15) is 24.6 Å². The molecule has 2 heterocycles. The first-order valence-corrected chi connectivity index (χ1v) is 12.7. The highest BCUT2D eigenvalue weighted by atomic mass is 32.3. The van der Waals surface area contributed by atoms with Crippen LogP contribution in [-0.2, 0) is 35.4 Å². The lowest BCUT2D eigenvalue weighted by atomic mass is 10.1. The second-order valence-electron chi connectivity index (χ2n) is 7.57. The summed E-state index contributed by atoms with van der Waals surface area (Å²) in [5.41, 5.74) is 0.925. The number of esters is 1. The van der Waals surface area contributed by atoms with E-state index < -0.39 is 34.6 Å². The summed E-state index contributed by atoms with van der Waals surface area (Å²) in [7, 11) is -3.61. The van der Waals surface area contributed by atoms with Crippen LogP contribution in [0.4, 0.5) is 0 Å². The number of aromatic nitrogens is 3. The molecular formula is C22H34N4O8S. The Hall–Kier alpha value is -2.42. The Bertz CT molecular complexity index is 992. The van der Waals surface area contributed by atoms with Gasteiger partial charge in [-0.1, -0.05) is 51.1 Å². The van der Waals surface area contributed by atoms with Crippen LogP contribution in [0.5, 0.6) is 0 Å². The summed E-state index contributed by atoms with van der Waals surface area (Å²) in [5.74, 6) is -0.905. The molecular weight excluding hydrogens is 480 g/mol. The van der Waals surface area contributed by atoms with Gasteiger partial charge in [-0.2, -0.15) is 13.5 Å². The summed E-state index contributed by atoms with van der Waals surface area (Å²) in [6.07, 6.45) is -0.892. The summed E-state index contributed by atoms with van der Waals surface area (Å²) in [6.45, 7) is 10.4. The zero-order valence-corrected chi connectivity index (χ0v) is 21.3. The zero-order chi connectivity index (χ0) is 25.8. The van der Waals surface area contributed by atoms with Gasteiger partial charge in [0.2, 0.25) is 5.82 Å². The largest absolute Gasteiger partial charge is 0.463 e. The number of carbonyl (C=O) groups is 1. The molecule has 0 spiro atoms. The lowest BCUT2D eigenvalue weighted by molar-refractivity contribution is -0.0242. The first-order chi connectivity index (χ1) is 16.7. The average Bonchev–Trinajstić information content (AvgIpc) is 3.47.